The van der Waals surface area contributed by atoms with Gasteiger partial charge in [-0.2, -0.15) is 0 Å². The fourth-order valence-electron chi connectivity index (χ4n) is 2.93. The predicted molar refractivity (Wildman–Crippen MR) is 109 cm³/mol. The van der Waals surface area contributed by atoms with Gasteiger partial charge in [0.15, 0.2) is 17.3 Å². The number of ether oxygens (including phenoxy) is 2. The summed E-state index contributed by atoms with van der Waals surface area (Å²) in [6.45, 7) is 2.54. The number of hydrogen-bond acceptors (Lipinski definition) is 6. The van der Waals surface area contributed by atoms with Crippen molar-refractivity contribution in [3.8, 4) is 11.5 Å². The van der Waals surface area contributed by atoms with Crippen molar-refractivity contribution >= 4 is 28.8 Å². The van der Waals surface area contributed by atoms with Gasteiger partial charge >= 0.3 is 0 Å². The number of benzene rings is 2. The summed E-state index contributed by atoms with van der Waals surface area (Å²) in [4.78, 5) is 28.2. The smallest absolute Gasteiger partial charge is 0.274 e. The van der Waals surface area contributed by atoms with Gasteiger partial charge in [-0.25, -0.2) is 0 Å². The molecule has 7 nitrogen and oxygen atoms in total. The lowest BCUT2D eigenvalue weighted by molar-refractivity contribution is 0.100. The van der Waals surface area contributed by atoms with Gasteiger partial charge in [-0.15, -0.1) is 0 Å². The maximum Gasteiger partial charge on any atom is 0.274 e. The zero-order valence-corrected chi connectivity index (χ0v) is 15.8. The maximum atomic E-state index is 12.6. The highest BCUT2D eigenvalue weighted by Gasteiger charge is 2.13. The quantitative estimate of drug-likeness (QED) is 0.640. The number of pyridine rings is 1. The summed E-state index contributed by atoms with van der Waals surface area (Å²) < 4.78 is 11.1. The largest absolute Gasteiger partial charge is 0.486 e. The molecule has 0 bridgehead atoms. The first-order valence-corrected chi connectivity index (χ1v) is 9.13. The minimum absolute atomic E-state index is 0.0650. The summed E-state index contributed by atoms with van der Waals surface area (Å²) >= 11 is 0. The Morgan fingerprint density at radius 1 is 0.897 bits per heavy atom. The first-order chi connectivity index (χ1) is 14.1. The third kappa shape index (κ3) is 4.35. The molecule has 1 aromatic heterocycles. The summed E-state index contributed by atoms with van der Waals surface area (Å²) in [5.74, 6) is 0.962. The fraction of sp³-hybridized carbons (Fsp3) is 0.136. The Morgan fingerprint density at radius 2 is 1.69 bits per heavy atom. The molecule has 29 heavy (non-hydrogen) atoms. The molecule has 1 aliphatic rings. The van der Waals surface area contributed by atoms with Gasteiger partial charge in [0.1, 0.15) is 18.9 Å². The number of amides is 1. The van der Waals surface area contributed by atoms with Gasteiger partial charge in [0.05, 0.1) is 0 Å². The SMILES string of the molecule is CC(=O)c1cccc(NC(=O)c2cc(Nc3ccc4c(c3)OCCO4)ccn2)c1. The van der Waals surface area contributed by atoms with Gasteiger partial charge in [0, 0.05) is 34.9 Å². The number of hydrogen-bond donors (Lipinski definition) is 2. The van der Waals surface area contributed by atoms with Crippen molar-refractivity contribution in [2.75, 3.05) is 23.8 Å². The molecule has 2 heterocycles. The normalized spacial score (nSPS) is 12.2. The van der Waals surface area contributed by atoms with E-state index >= 15 is 0 Å². The van der Waals surface area contributed by atoms with Crippen LogP contribution in [0.4, 0.5) is 17.1 Å². The summed E-state index contributed by atoms with van der Waals surface area (Å²) in [7, 11) is 0. The second kappa shape index (κ2) is 8.02. The van der Waals surface area contributed by atoms with Crippen molar-refractivity contribution in [3.05, 3.63) is 72.1 Å². The first kappa shape index (κ1) is 18.5. The van der Waals surface area contributed by atoms with Crippen LogP contribution in [0.1, 0.15) is 27.8 Å². The third-order valence-corrected chi connectivity index (χ3v) is 4.35. The average molecular weight is 389 g/mol. The molecule has 3 aromatic rings. The van der Waals surface area contributed by atoms with Crippen LogP contribution in [0.15, 0.2) is 60.8 Å². The van der Waals surface area contributed by atoms with Gasteiger partial charge < -0.3 is 20.1 Å². The van der Waals surface area contributed by atoms with Gasteiger partial charge in [0.2, 0.25) is 0 Å². The highest BCUT2D eigenvalue weighted by atomic mass is 16.6. The van der Waals surface area contributed by atoms with Crippen molar-refractivity contribution in [3.63, 3.8) is 0 Å². The van der Waals surface area contributed by atoms with E-state index in [4.69, 9.17) is 9.47 Å². The van der Waals surface area contributed by atoms with E-state index in [1.165, 1.54) is 6.92 Å². The van der Waals surface area contributed by atoms with E-state index in [-0.39, 0.29) is 17.4 Å². The summed E-state index contributed by atoms with van der Waals surface area (Å²) in [5, 5.41) is 6.00. The molecule has 0 saturated heterocycles. The van der Waals surface area contributed by atoms with Crippen molar-refractivity contribution in [1.29, 1.82) is 0 Å². The number of Topliss-reactive ketones (excluding diaryl/α,β-unsaturated/α-hetero) is 1. The molecular formula is C22H19N3O4. The van der Waals surface area contributed by atoms with Crippen LogP contribution in [0, 0.1) is 0 Å². The molecule has 1 aliphatic heterocycles. The number of carbonyl (C=O) groups excluding carboxylic acids is 2. The van der Waals surface area contributed by atoms with Crippen molar-refractivity contribution in [2.24, 2.45) is 0 Å². The van der Waals surface area contributed by atoms with Crippen LogP contribution >= 0.6 is 0 Å². The highest BCUT2D eigenvalue weighted by Crippen LogP contribution is 2.33. The van der Waals surface area contributed by atoms with Crippen LogP contribution < -0.4 is 20.1 Å². The van der Waals surface area contributed by atoms with Crippen molar-refractivity contribution in [2.45, 2.75) is 6.92 Å². The Bertz CT molecular complexity index is 1080. The third-order valence-electron chi connectivity index (χ3n) is 4.35. The standard InChI is InChI=1S/C22H19N3O4/c1-14(26)15-3-2-4-16(11-15)25-22(27)19-12-18(7-8-23-19)24-17-5-6-20-21(13-17)29-10-9-28-20/h2-8,11-13H,9-10H2,1H3,(H,23,24)(H,25,27). The molecule has 2 N–H and O–H groups in total. The summed E-state index contributed by atoms with van der Waals surface area (Å²) in [6, 6.07) is 15.8. The second-order valence-corrected chi connectivity index (χ2v) is 6.50. The zero-order chi connectivity index (χ0) is 20.2. The molecule has 146 valence electrons. The Labute approximate surface area is 167 Å². The van der Waals surface area contributed by atoms with Gasteiger partial charge in [0.25, 0.3) is 5.91 Å². The average Bonchev–Trinajstić information content (AvgIpc) is 2.74. The molecule has 0 spiro atoms. The summed E-state index contributed by atoms with van der Waals surface area (Å²) in [6.07, 6.45) is 1.56. The van der Waals surface area contributed by atoms with E-state index in [9.17, 15) is 9.59 Å². The molecular weight excluding hydrogens is 370 g/mol. The Kier molecular flexibility index (Phi) is 5.11. The molecule has 4 rings (SSSR count). The molecule has 0 saturated carbocycles. The van der Waals surface area contributed by atoms with Crippen LogP contribution in [-0.4, -0.2) is 29.9 Å². The van der Waals surface area contributed by atoms with Crippen LogP contribution in [0.25, 0.3) is 0 Å². The Hall–Kier alpha value is -3.87. The number of carbonyl (C=O) groups is 2. The monoisotopic (exact) mass is 389 g/mol. The first-order valence-electron chi connectivity index (χ1n) is 9.13. The number of rotatable bonds is 5. The second-order valence-electron chi connectivity index (χ2n) is 6.50. The number of aromatic nitrogens is 1. The van der Waals surface area contributed by atoms with E-state index in [0.29, 0.717) is 41.7 Å². The van der Waals surface area contributed by atoms with E-state index in [1.54, 1.807) is 42.6 Å². The number of fused-ring (bicyclic) bond motifs is 1. The lowest BCUT2D eigenvalue weighted by Crippen LogP contribution is -2.15. The molecule has 1 amide bonds. The van der Waals surface area contributed by atoms with Crippen LogP contribution in [0.3, 0.4) is 0 Å². The molecule has 0 aliphatic carbocycles. The fourth-order valence-corrected chi connectivity index (χ4v) is 2.93. The molecule has 0 atom stereocenters. The van der Waals surface area contributed by atoms with E-state index in [1.807, 2.05) is 18.2 Å². The number of nitrogens with zero attached hydrogens (tertiary/aromatic N) is 1. The van der Waals surface area contributed by atoms with Gasteiger partial charge in [-0.1, -0.05) is 12.1 Å². The number of ketones is 1. The van der Waals surface area contributed by atoms with E-state index < -0.39 is 0 Å². The van der Waals surface area contributed by atoms with Crippen molar-refractivity contribution < 1.29 is 19.1 Å². The van der Waals surface area contributed by atoms with Gasteiger partial charge in [-0.05, 0) is 43.3 Å². The van der Waals surface area contributed by atoms with Crippen molar-refractivity contribution in [1.82, 2.24) is 4.98 Å². The van der Waals surface area contributed by atoms with Crippen LogP contribution in [0.2, 0.25) is 0 Å². The lowest BCUT2D eigenvalue weighted by atomic mass is 10.1. The highest BCUT2D eigenvalue weighted by molar-refractivity contribution is 6.04. The Morgan fingerprint density at radius 3 is 2.52 bits per heavy atom. The van der Waals surface area contributed by atoms with Gasteiger partial charge in [-0.3, -0.25) is 14.6 Å². The number of anilines is 3. The minimum atomic E-state index is -0.364. The number of nitrogens with one attached hydrogen (secondary N) is 2. The predicted octanol–water partition coefficient (Wildman–Crippen LogP) is 4.05. The summed E-state index contributed by atoms with van der Waals surface area (Å²) in [5.41, 5.74) is 2.83. The van der Waals surface area contributed by atoms with Crippen LogP contribution in [0.5, 0.6) is 11.5 Å². The molecule has 0 radical (unpaired) electrons. The molecule has 7 heteroatoms. The zero-order valence-electron chi connectivity index (χ0n) is 15.8. The minimum Gasteiger partial charge on any atom is -0.486 e. The topological polar surface area (TPSA) is 89.6 Å². The molecule has 2 aromatic carbocycles. The van der Waals surface area contributed by atoms with Crippen LogP contribution in [-0.2, 0) is 0 Å². The molecule has 0 unspecified atom stereocenters. The van der Waals surface area contributed by atoms with E-state index in [0.717, 1.165) is 5.69 Å². The lowest BCUT2D eigenvalue weighted by Gasteiger charge is -2.19. The van der Waals surface area contributed by atoms with E-state index in [2.05, 4.69) is 15.6 Å². The molecule has 0 fully saturated rings. The maximum absolute atomic E-state index is 12.6. The Balaban J connectivity index is 1.49.